The first-order valence-corrected chi connectivity index (χ1v) is 11.6. The molecule has 2 aromatic heterocycles. The molecule has 4 rings (SSSR count). The van der Waals surface area contributed by atoms with Crippen molar-refractivity contribution in [3.8, 4) is 0 Å². The average Bonchev–Trinajstić information content (AvgIpc) is 3.37. The Balaban J connectivity index is 1.58. The molecule has 0 saturated carbocycles. The lowest BCUT2D eigenvalue weighted by Gasteiger charge is -2.20. The summed E-state index contributed by atoms with van der Waals surface area (Å²) in [4.78, 5) is 14.8. The highest BCUT2D eigenvalue weighted by Crippen LogP contribution is 2.30. The van der Waals surface area contributed by atoms with E-state index in [0.29, 0.717) is 18.1 Å². The summed E-state index contributed by atoms with van der Waals surface area (Å²) in [6.45, 7) is 2.26. The molecule has 2 aliphatic rings. The zero-order valence-electron chi connectivity index (χ0n) is 18.0. The molecule has 2 aliphatic carbocycles. The number of hydrogen-bond donors (Lipinski definition) is 2. The third-order valence-electron chi connectivity index (χ3n) is 6.49. The van der Waals surface area contributed by atoms with Crippen LogP contribution in [0.1, 0.15) is 98.1 Å². The monoisotopic (exact) mass is 407 g/mol. The Bertz CT molecular complexity index is 1040. The second-order valence-electron chi connectivity index (χ2n) is 8.70. The Hall–Kier alpha value is -2.49. The minimum Gasteiger partial charge on any atom is -0.475 e. The number of carbonyl (C=O) groups is 1. The van der Waals surface area contributed by atoms with Crippen molar-refractivity contribution in [1.82, 2.24) is 4.98 Å². The molecule has 2 heterocycles. The van der Waals surface area contributed by atoms with Crippen molar-refractivity contribution in [2.45, 2.75) is 83.5 Å². The second kappa shape index (κ2) is 9.55. The van der Waals surface area contributed by atoms with E-state index < -0.39 is 5.97 Å². The normalized spacial score (nSPS) is 17.5. The van der Waals surface area contributed by atoms with Crippen molar-refractivity contribution in [2.24, 2.45) is 0 Å². The van der Waals surface area contributed by atoms with Gasteiger partial charge >= 0.3 is 5.97 Å². The van der Waals surface area contributed by atoms with Crippen LogP contribution in [0.5, 0.6) is 0 Å². The van der Waals surface area contributed by atoms with Gasteiger partial charge in [0.15, 0.2) is 0 Å². The average molecular weight is 408 g/mol. The van der Waals surface area contributed by atoms with Gasteiger partial charge in [-0.15, -0.1) is 0 Å². The predicted molar refractivity (Wildman–Crippen MR) is 120 cm³/mol. The molecule has 4 heteroatoms. The van der Waals surface area contributed by atoms with Crippen LogP contribution in [0.25, 0.3) is 11.6 Å². The van der Waals surface area contributed by atoms with Gasteiger partial charge in [0.2, 0.25) is 5.76 Å². The van der Waals surface area contributed by atoms with Crippen molar-refractivity contribution in [3.05, 3.63) is 57.6 Å². The number of furan rings is 1. The highest BCUT2D eigenvalue weighted by atomic mass is 16.4. The number of aromatic nitrogens is 1. The summed E-state index contributed by atoms with van der Waals surface area (Å²) >= 11 is 0. The van der Waals surface area contributed by atoms with Gasteiger partial charge in [-0.05, 0) is 54.5 Å². The molecule has 0 amide bonds. The van der Waals surface area contributed by atoms with Gasteiger partial charge in [-0.2, -0.15) is 0 Å². The van der Waals surface area contributed by atoms with E-state index in [1.165, 1.54) is 78.8 Å². The fourth-order valence-corrected chi connectivity index (χ4v) is 4.92. The zero-order valence-corrected chi connectivity index (χ0v) is 18.0. The molecule has 30 heavy (non-hydrogen) atoms. The van der Waals surface area contributed by atoms with Crippen LogP contribution in [0.2, 0.25) is 0 Å². The van der Waals surface area contributed by atoms with Gasteiger partial charge in [0.05, 0.1) is 0 Å². The molecule has 0 fully saturated rings. The fourth-order valence-electron chi connectivity index (χ4n) is 4.92. The predicted octanol–water partition coefficient (Wildman–Crippen LogP) is 5.22. The molecule has 1 unspecified atom stereocenters. The van der Waals surface area contributed by atoms with Crippen LogP contribution in [0.4, 0.5) is 0 Å². The standard InChI is InChI=1S/C26H33NO3/c1-2-3-4-5-6-7-10-18-13-14-19(17-20-15-16-23(30-20)26(28)29)25-24(18)21-11-8-9-12-22(21)27-25/h12-16,18,27H,2-11,17H2,1H3,(H,28,29). The van der Waals surface area contributed by atoms with E-state index in [9.17, 15) is 4.79 Å². The van der Waals surface area contributed by atoms with Crippen LogP contribution >= 0.6 is 0 Å². The third kappa shape index (κ3) is 4.48. The van der Waals surface area contributed by atoms with Gasteiger partial charge in [-0.3, -0.25) is 0 Å². The molecule has 2 aromatic rings. The lowest BCUT2D eigenvalue weighted by Crippen LogP contribution is -2.20. The maximum atomic E-state index is 11.1. The van der Waals surface area contributed by atoms with E-state index in [2.05, 4.69) is 30.1 Å². The second-order valence-corrected chi connectivity index (χ2v) is 8.70. The highest BCUT2D eigenvalue weighted by Gasteiger charge is 2.23. The van der Waals surface area contributed by atoms with Crippen molar-refractivity contribution in [1.29, 1.82) is 0 Å². The van der Waals surface area contributed by atoms with E-state index in [4.69, 9.17) is 9.52 Å². The molecule has 0 bridgehead atoms. The van der Waals surface area contributed by atoms with Crippen molar-refractivity contribution in [2.75, 3.05) is 0 Å². The highest BCUT2D eigenvalue weighted by molar-refractivity contribution is 5.84. The molecule has 160 valence electrons. The van der Waals surface area contributed by atoms with Crippen LogP contribution < -0.4 is 10.7 Å². The van der Waals surface area contributed by atoms with Gasteiger partial charge in [0.25, 0.3) is 0 Å². The summed E-state index contributed by atoms with van der Waals surface area (Å²) in [5, 5.41) is 11.7. The molecular formula is C26H33NO3. The fraction of sp³-hybridized carbons (Fsp3) is 0.500. The molecule has 0 saturated heterocycles. The van der Waals surface area contributed by atoms with E-state index in [0.717, 1.165) is 12.8 Å². The summed E-state index contributed by atoms with van der Waals surface area (Å²) < 4.78 is 5.53. The minimum absolute atomic E-state index is 0.00526. The Morgan fingerprint density at radius 1 is 1.20 bits per heavy atom. The maximum Gasteiger partial charge on any atom is 0.371 e. The smallest absolute Gasteiger partial charge is 0.371 e. The summed E-state index contributed by atoms with van der Waals surface area (Å²) in [6, 6.07) is 3.32. The molecule has 1 atom stereocenters. The summed E-state index contributed by atoms with van der Waals surface area (Å²) in [7, 11) is 0. The van der Waals surface area contributed by atoms with Crippen LogP contribution in [0, 0.1) is 0 Å². The molecule has 0 spiro atoms. The lowest BCUT2D eigenvalue weighted by atomic mass is 9.84. The Morgan fingerprint density at radius 3 is 2.83 bits per heavy atom. The number of nitrogens with one attached hydrogen (secondary N) is 1. The molecule has 0 aliphatic heterocycles. The van der Waals surface area contributed by atoms with Crippen molar-refractivity contribution < 1.29 is 14.3 Å². The first-order valence-electron chi connectivity index (χ1n) is 11.6. The lowest BCUT2D eigenvalue weighted by molar-refractivity contribution is 0.0660. The first-order chi connectivity index (χ1) is 14.7. The zero-order chi connectivity index (χ0) is 20.9. The Morgan fingerprint density at radius 2 is 2.03 bits per heavy atom. The molecule has 0 aromatic carbocycles. The number of carboxylic acids is 1. The van der Waals surface area contributed by atoms with Crippen LogP contribution in [-0.4, -0.2) is 16.1 Å². The number of carboxylic acid groups (broad SMARTS) is 1. The number of unbranched alkanes of at least 4 members (excludes halogenated alkanes) is 5. The summed E-state index contributed by atoms with van der Waals surface area (Å²) in [5.41, 5.74) is 4.18. The third-order valence-corrected chi connectivity index (χ3v) is 6.49. The Labute approximate surface area is 178 Å². The number of hydrogen-bond acceptors (Lipinski definition) is 2. The SMILES string of the molecule is CCCCCCCCC1C=CC(Cc2ccc(C(=O)O)o2)=c2[nH]c3c(c21)CCCC=3. The molecule has 2 N–H and O–H groups in total. The van der Waals surface area contributed by atoms with Gasteiger partial charge in [0, 0.05) is 23.0 Å². The summed E-state index contributed by atoms with van der Waals surface area (Å²) in [5.74, 6) is 0.164. The minimum atomic E-state index is -1.02. The van der Waals surface area contributed by atoms with E-state index in [1.807, 2.05) is 0 Å². The van der Waals surface area contributed by atoms with Crippen molar-refractivity contribution in [3.63, 3.8) is 0 Å². The maximum absolute atomic E-state index is 11.1. The van der Waals surface area contributed by atoms with Crippen LogP contribution in [0.3, 0.4) is 0 Å². The van der Waals surface area contributed by atoms with Gasteiger partial charge < -0.3 is 14.5 Å². The van der Waals surface area contributed by atoms with E-state index >= 15 is 0 Å². The quantitative estimate of drug-likeness (QED) is 0.531. The number of aromatic carboxylic acids is 1. The summed E-state index contributed by atoms with van der Waals surface area (Å²) in [6.07, 6.45) is 20.2. The molecule has 0 radical (unpaired) electrons. The molecule has 4 nitrogen and oxygen atoms in total. The van der Waals surface area contributed by atoms with Gasteiger partial charge in [0.1, 0.15) is 5.76 Å². The van der Waals surface area contributed by atoms with Gasteiger partial charge in [-0.25, -0.2) is 4.79 Å². The number of rotatable bonds is 10. The largest absolute Gasteiger partial charge is 0.475 e. The topological polar surface area (TPSA) is 66.2 Å². The van der Waals surface area contributed by atoms with Gasteiger partial charge in [-0.1, -0.05) is 63.7 Å². The van der Waals surface area contributed by atoms with Crippen molar-refractivity contribution >= 4 is 17.6 Å². The van der Waals surface area contributed by atoms with Crippen LogP contribution in [0.15, 0.2) is 28.7 Å². The molecular weight excluding hydrogens is 374 g/mol. The number of aromatic amines is 1. The van der Waals surface area contributed by atoms with E-state index in [-0.39, 0.29) is 5.76 Å². The number of H-pyrrole nitrogens is 1. The van der Waals surface area contributed by atoms with Crippen LogP contribution in [-0.2, 0) is 12.8 Å². The van der Waals surface area contributed by atoms with E-state index in [1.54, 1.807) is 12.1 Å². The number of fused-ring (bicyclic) bond motifs is 3. The number of allylic oxidation sites excluding steroid dienone is 2. The Kier molecular flexibility index (Phi) is 6.61. The first kappa shape index (κ1) is 20.8.